The summed E-state index contributed by atoms with van der Waals surface area (Å²) >= 11 is 0. The van der Waals surface area contributed by atoms with Crippen molar-refractivity contribution in [2.45, 2.75) is 37.0 Å². The van der Waals surface area contributed by atoms with Gasteiger partial charge in [0.15, 0.2) is 15.7 Å². The first kappa shape index (κ1) is 24.3. The molecule has 10 heteroatoms. The summed E-state index contributed by atoms with van der Waals surface area (Å²) in [5.74, 6) is 1.00. The van der Waals surface area contributed by atoms with Crippen LogP contribution in [0.5, 0.6) is 17.2 Å². The van der Waals surface area contributed by atoms with Crippen LogP contribution in [0.4, 0.5) is 5.82 Å². The second-order valence-corrected chi connectivity index (χ2v) is 10.3. The first-order valence-electron chi connectivity index (χ1n) is 10.3. The number of anilines is 1. The Hall–Kier alpha value is -3.37. The number of amides is 1. The van der Waals surface area contributed by atoms with E-state index in [1.165, 1.54) is 24.3 Å². The zero-order chi connectivity index (χ0) is 24.2. The Kier molecular flexibility index (Phi) is 7.39. The van der Waals surface area contributed by atoms with E-state index < -0.39 is 27.1 Å². The van der Waals surface area contributed by atoms with Gasteiger partial charge in [0, 0.05) is 30.9 Å². The molecule has 2 aromatic carbocycles. The Morgan fingerprint density at radius 3 is 2.30 bits per heavy atom. The number of sulfone groups is 1. The quantitative estimate of drug-likeness (QED) is 0.489. The number of aryl methyl sites for hydroxylation is 1. The maximum absolute atomic E-state index is 12.8. The van der Waals surface area contributed by atoms with E-state index in [-0.39, 0.29) is 17.1 Å². The van der Waals surface area contributed by atoms with Crippen molar-refractivity contribution in [2.24, 2.45) is 7.05 Å². The molecule has 176 valence electrons. The Balaban J connectivity index is 1.87. The predicted octanol–water partition coefficient (Wildman–Crippen LogP) is 3.41. The van der Waals surface area contributed by atoms with E-state index in [0.717, 1.165) is 0 Å². The Morgan fingerprint density at radius 1 is 1.06 bits per heavy atom. The van der Waals surface area contributed by atoms with Crippen LogP contribution >= 0.6 is 0 Å². The topological polar surface area (TPSA) is 120 Å². The number of ether oxygens (including phenoxy) is 2. The smallest absolute Gasteiger partial charge is 0.257 e. The van der Waals surface area contributed by atoms with Gasteiger partial charge in [-0.1, -0.05) is 0 Å². The minimum Gasteiger partial charge on any atom is -0.488 e. The van der Waals surface area contributed by atoms with E-state index in [4.69, 9.17) is 9.47 Å². The fraction of sp³-hybridized carbons (Fsp3) is 0.304. The molecule has 3 aromatic rings. The van der Waals surface area contributed by atoms with Gasteiger partial charge in [-0.3, -0.25) is 9.48 Å². The zero-order valence-corrected chi connectivity index (χ0v) is 19.7. The average Bonchev–Trinajstić information content (AvgIpc) is 3.18. The summed E-state index contributed by atoms with van der Waals surface area (Å²) < 4.78 is 37.7. The molecule has 0 aliphatic rings. The van der Waals surface area contributed by atoms with E-state index in [2.05, 4.69) is 10.4 Å². The SMILES string of the molecule is CC(CO)Oc1cc(Oc2ccc(S(=O)(=O)C(C)C)cc2)cc(C(=O)Nc2ccn(C)n2)c1. The molecule has 1 atom stereocenters. The largest absolute Gasteiger partial charge is 0.488 e. The Labute approximate surface area is 192 Å². The molecule has 0 aliphatic heterocycles. The second kappa shape index (κ2) is 10.1. The van der Waals surface area contributed by atoms with E-state index in [0.29, 0.717) is 23.1 Å². The summed E-state index contributed by atoms with van der Waals surface area (Å²) in [7, 11) is -1.66. The van der Waals surface area contributed by atoms with E-state index in [1.54, 1.807) is 63.0 Å². The van der Waals surface area contributed by atoms with E-state index >= 15 is 0 Å². The summed E-state index contributed by atoms with van der Waals surface area (Å²) in [6.45, 7) is 4.73. The highest BCUT2D eigenvalue weighted by molar-refractivity contribution is 7.92. The molecule has 2 N–H and O–H groups in total. The van der Waals surface area contributed by atoms with Crippen molar-refractivity contribution in [2.75, 3.05) is 11.9 Å². The molecule has 0 spiro atoms. The van der Waals surface area contributed by atoms with Crippen LogP contribution in [-0.4, -0.2) is 47.2 Å². The van der Waals surface area contributed by atoms with Gasteiger partial charge in [-0.25, -0.2) is 8.42 Å². The highest BCUT2D eigenvalue weighted by Crippen LogP contribution is 2.29. The van der Waals surface area contributed by atoms with E-state index in [9.17, 15) is 18.3 Å². The van der Waals surface area contributed by atoms with Crippen LogP contribution in [0.25, 0.3) is 0 Å². The van der Waals surface area contributed by atoms with Crippen molar-refractivity contribution < 1.29 is 27.8 Å². The van der Waals surface area contributed by atoms with Gasteiger partial charge < -0.3 is 19.9 Å². The fourth-order valence-electron chi connectivity index (χ4n) is 2.88. The summed E-state index contributed by atoms with van der Waals surface area (Å²) in [6, 6.07) is 12.4. The van der Waals surface area contributed by atoms with Crippen LogP contribution in [0, 0.1) is 0 Å². The zero-order valence-electron chi connectivity index (χ0n) is 18.8. The summed E-state index contributed by atoms with van der Waals surface area (Å²) in [4.78, 5) is 13.0. The van der Waals surface area contributed by atoms with Crippen molar-refractivity contribution in [3.05, 3.63) is 60.3 Å². The number of aliphatic hydroxyl groups excluding tert-OH is 1. The average molecular weight is 474 g/mol. The third-order valence-corrected chi connectivity index (χ3v) is 6.87. The number of carbonyl (C=O) groups excluding carboxylic acids is 1. The number of rotatable bonds is 9. The molecule has 0 aliphatic carbocycles. The number of aromatic nitrogens is 2. The Bertz CT molecular complexity index is 1220. The third kappa shape index (κ3) is 6.11. The molecular formula is C23H27N3O6S. The molecular weight excluding hydrogens is 446 g/mol. The van der Waals surface area contributed by atoms with Gasteiger partial charge in [0.2, 0.25) is 0 Å². The van der Waals surface area contributed by atoms with Crippen LogP contribution in [-0.2, 0) is 16.9 Å². The second-order valence-electron chi connectivity index (χ2n) is 7.80. The van der Waals surface area contributed by atoms with Crippen molar-refractivity contribution in [1.29, 1.82) is 0 Å². The first-order valence-corrected chi connectivity index (χ1v) is 11.9. The molecule has 0 radical (unpaired) electrons. The third-order valence-electron chi connectivity index (χ3n) is 4.70. The molecule has 9 nitrogen and oxygen atoms in total. The van der Waals surface area contributed by atoms with Gasteiger partial charge in [-0.05, 0) is 57.2 Å². The molecule has 3 rings (SSSR count). The highest BCUT2D eigenvalue weighted by Gasteiger charge is 2.19. The number of nitrogens with zero attached hydrogens (tertiary/aromatic N) is 2. The van der Waals surface area contributed by atoms with Gasteiger partial charge in [0.05, 0.1) is 16.8 Å². The number of aliphatic hydroxyl groups is 1. The maximum Gasteiger partial charge on any atom is 0.257 e. The van der Waals surface area contributed by atoms with Crippen LogP contribution in [0.1, 0.15) is 31.1 Å². The minimum absolute atomic E-state index is 0.202. The predicted molar refractivity (Wildman–Crippen MR) is 124 cm³/mol. The van der Waals surface area contributed by atoms with Crippen molar-refractivity contribution in [3.63, 3.8) is 0 Å². The molecule has 1 heterocycles. The monoisotopic (exact) mass is 473 g/mol. The number of nitrogens with one attached hydrogen (secondary N) is 1. The lowest BCUT2D eigenvalue weighted by Crippen LogP contribution is -2.17. The van der Waals surface area contributed by atoms with Gasteiger partial charge in [0.25, 0.3) is 5.91 Å². The number of carbonyl (C=O) groups is 1. The number of hydrogen-bond donors (Lipinski definition) is 2. The molecule has 0 saturated heterocycles. The van der Waals surface area contributed by atoms with Crippen LogP contribution in [0.2, 0.25) is 0 Å². The first-order chi connectivity index (χ1) is 15.6. The molecule has 1 aromatic heterocycles. The molecule has 1 unspecified atom stereocenters. The normalized spacial score (nSPS) is 12.4. The lowest BCUT2D eigenvalue weighted by atomic mass is 10.2. The van der Waals surface area contributed by atoms with Crippen molar-refractivity contribution >= 4 is 21.6 Å². The van der Waals surface area contributed by atoms with Crippen LogP contribution in [0.15, 0.2) is 59.6 Å². The van der Waals surface area contributed by atoms with Crippen LogP contribution < -0.4 is 14.8 Å². The van der Waals surface area contributed by atoms with Gasteiger partial charge in [-0.2, -0.15) is 5.10 Å². The maximum atomic E-state index is 12.8. The summed E-state index contributed by atoms with van der Waals surface area (Å²) in [6.07, 6.45) is 1.21. The van der Waals surface area contributed by atoms with Gasteiger partial charge in [0.1, 0.15) is 23.4 Å². The Morgan fingerprint density at radius 2 is 1.73 bits per heavy atom. The lowest BCUT2D eigenvalue weighted by molar-refractivity contribution is 0.102. The highest BCUT2D eigenvalue weighted by atomic mass is 32.2. The van der Waals surface area contributed by atoms with Crippen LogP contribution in [0.3, 0.4) is 0 Å². The number of benzene rings is 2. The molecule has 0 saturated carbocycles. The van der Waals surface area contributed by atoms with Gasteiger partial charge >= 0.3 is 0 Å². The lowest BCUT2D eigenvalue weighted by Gasteiger charge is -2.15. The summed E-state index contributed by atoms with van der Waals surface area (Å²) in [5.41, 5.74) is 0.261. The molecule has 1 amide bonds. The van der Waals surface area contributed by atoms with E-state index in [1.807, 2.05) is 0 Å². The summed E-state index contributed by atoms with van der Waals surface area (Å²) in [5, 5.41) is 15.6. The van der Waals surface area contributed by atoms with Gasteiger partial charge in [-0.15, -0.1) is 0 Å². The number of hydrogen-bond acceptors (Lipinski definition) is 7. The minimum atomic E-state index is -3.40. The van der Waals surface area contributed by atoms with Crippen molar-refractivity contribution in [3.8, 4) is 17.2 Å². The molecule has 33 heavy (non-hydrogen) atoms. The van der Waals surface area contributed by atoms with Crippen molar-refractivity contribution in [1.82, 2.24) is 9.78 Å². The molecule has 0 fully saturated rings. The fourth-order valence-corrected chi connectivity index (χ4v) is 3.93. The molecule has 0 bridgehead atoms. The standard InChI is InChI=1S/C23H27N3O6S/c1-15(2)33(29,30)21-7-5-18(6-8-21)32-20-12-17(11-19(13-20)31-16(3)14-27)23(28)24-22-9-10-26(4)25-22/h5-13,15-16,27H,14H2,1-4H3,(H,24,25,28).